The third-order valence-corrected chi connectivity index (χ3v) is 2.19. The maximum Gasteiger partial charge on any atom is 0.236 e. The van der Waals surface area contributed by atoms with Gasteiger partial charge in [0.2, 0.25) is 5.91 Å². The molecule has 0 saturated carbocycles. The second-order valence-electron chi connectivity index (χ2n) is 2.64. The van der Waals surface area contributed by atoms with Crippen molar-refractivity contribution in [2.75, 3.05) is 0 Å². The summed E-state index contributed by atoms with van der Waals surface area (Å²) >= 11 is 1.62. The molecule has 1 unspecified atom stereocenters. The normalized spacial score (nSPS) is 12.5. The van der Waals surface area contributed by atoms with E-state index in [1.54, 1.807) is 18.3 Å². The molecule has 66 valence electrons. The first kappa shape index (κ1) is 9.22. The average Bonchev–Trinajstić information content (AvgIpc) is 2.51. The molecule has 1 aromatic heterocycles. The monoisotopic (exact) mass is 184 g/mol. The minimum Gasteiger partial charge on any atom is -0.351 e. The first-order valence-corrected chi connectivity index (χ1v) is 4.69. The number of thiophene rings is 1. The van der Waals surface area contributed by atoms with Crippen molar-refractivity contribution >= 4 is 17.2 Å². The lowest BCUT2D eigenvalue weighted by Gasteiger charge is -2.05. The molecule has 1 heterocycles. The smallest absolute Gasteiger partial charge is 0.236 e. The Kier molecular flexibility index (Phi) is 3.25. The quantitative estimate of drug-likeness (QED) is 0.727. The predicted octanol–water partition coefficient (Wildman–Crippen LogP) is 0.711. The number of hydrogen-bond acceptors (Lipinski definition) is 3. The summed E-state index contributed by atoms with van der Waals surface area (Å²) in [7, 11) is 0. The number of hydrogen-bond donors (Lipinski definition) is 2. The van der Waals surface area contributed by atoms with Crippen molar-refractivity contribution in [2.24, 2.45) is 5.73 Å². The van der Waals surface area contributed by atoms with Crippen LogP contribution in [0.15, 0.2) is 16.8 Å². The molecule has 0 aliphatic heterocycles. The zero-order valence-corrected chi connectivity index (χ0v) is 7.73. The zero-order valence-electron chi connectivity index (χ0n) is 6.91. The molecular formula is C8H12N2OS. The Balaban J connectivity index is 2.32. The highest BCUT2D eigenvalue weighted by molar-refractivity contribution is 7.07. The van der Waals surface area contributed by atoms with Crippen LogP contribution in [0.2, 0.25) is 0 Å². The third kappa shape index (κ3) is 2.64. The van der Waals surface area contributed by atoms with Gasteiger partial charge >= 0.3 is 0 Å². The Morgan fingerprint density at radius 3 is 3.08 bits per heavy atom. The summed E-state index contributed by atoms with van der Waals surface area (Å²) < 4.78 is 0. The van der Waals surface area contributed by atoms with Crippen LogP contribution in [0.5, 0.6) is 0 Å². The number of carbonyl (C=O) groups excluding carboxylic acids is 1. The summed E-state index contributed by atoms with van der Waals surface area (Å²) in [6.07, 6.45) is 0. The molecule has 3 N–H and O–H groups in total. The van der Waals surface area contributed by atoms with Crippen molar-refractivity contribution in [3.05, 3.63) is 22.4 Å². The highest BCUT2D eigenvalue weighted by atomic mass is 32.1. The Hall–Kier alpha value is -0.870. The second-order valence-corrected chi connectivity index (χ2v) is 3.42. The van der Waals surface area contributed by atoms with Crippen molar-refractivity contribution in [1.82, 2.24) is 5.32 Å². The lowest BCUT2D eigenvalue weighted by atomic mass is 10.3. The SMILES string of the molecule is CC(N)C(=O)NCc1ccsc1. The summed E-state index contributed by atoms with van der Waals surface area (Å²) in [5.74, 6) is -0.110. The Morgan fingerprint density at radius 2 is 2.58 bits per heavy atom. The van der Waals surface area contributed by atoms with E-state index >= 15 is 0 Å². The predicted molar refractivity (Wildman–Crippen MR) is 49.8 cm³/mol. The van der Waals surface area contributed by atoms with Crippen LogP contribution >= 0.6 is 11.3 Å². The van der Waals surface area contributed by atoms with Gasteiger partial charge in [-0.25, -0.2) is 0 Å². The second kappa shape index (κ2) is 4.23. The Labute approximate surface area is 75.6 Å². The molecule has 1 atom stereocenters. The van der Waals surface area contributed by atoms with Gasteiger partial charge in [-0.3, -0.25) is 4.79 Å². The van der Waals surface area contributed by atoms with Gasteiger partial charge in [0.25, 0.3) is 0 Å². The molecule has 0 aromatic carbocycles. The van der Waals surface area contributed by atoms with Crippen molar-refractivity contribution in [1.29, 1.82) is 0 Å². The number of amides is 1. The Bertz CT molecular complexity index is 244. The van der Waals surface area contributed by atoms with Crippen LogP contribution in [0.4, 0.5) is 0 Å². The van der Waals surface area contributed by atoms with Gasteiger partial charge in [0.05, 0.1) is 6.04 Å². The summed E-state index contributed by atoms with van der Waals surface area (Å²) in [6, 6.07) is 1.55. The molecule has 0 saturated heterocycles. The van der Waals surface area contributed by atoms with Crippen LogP contribution in [-0.2, 0) is 11.3 Å². The van der Waals surface area contributed by atoms with Crippen LogP contribution in [0.25, 0.3) is 0 Å². The Morgan fingerprint density at radius 1 is 1.83 bits per heavy atom. The number of nitrogens with one attached hydrogen (secondary N) is 1. The summed E-state index contributed by atoms with van der Waals surface area (Å²) in [4.78, 5) is 11.0. The molecule has 12 heavy (non-hydrogen) atoms. The van der Waals surface area contributed by atoms with Crippen LogP contribution in [0.1, 0.15) is 12.5 Å². The van der Waals surface area contributed by atoms with Crippen LogP contribution in [-0.4, -0.2) is 11.9 Å². The maximum atomic E-state index is 11.0. The fourth-order valence-electron chi connectivity index (χ4n) is 0.743. The van der Waals surface area contributed by atoms with Gasteiger partial charge in [0.15, 0.2) is 0 Å². The van der Waals surface area contributed by atoms with Crippen LogP contribution in [0.3, 0.4) is 0 Å². The number of carbonyl (C=O) groups is 1. The molecule has 0 radical (unpaired) electrons. The van der Waals surface area contributed by atoms with E-state index < -0.39 is 6.04 Å². The first-order valence-electron chi connectivity index (χ1n) is 3.74. The van der Waals surface area contributed by atoms with Gasteiger partial charge in [-0.2, -0.15) is 11.3 Å². The standard InChI is InChI=1S/C8H12N2OS/c1-6(9)8(11)10-4-7-2-3-12-5-7/h2-3,5-6H,4,9H2,1H3,(H,10,11). The number of rotatable bonds is 3. The van der Waals surface area contributed by atoms with Crippen molar-refractivity contribution in [2.45, 2.75) is 19.5 Å². The molecule has 1 aromatic rings. The van der Waals surface area contributed by atoms with E-state index in [2.05, 4.69) is 5.32 Å². The molecule has 0 aliphatic carbocycles. The van der Waals surface area contributed by atoms with Gasteiger partial charge in [-0.1, -0.05) is 0 Å². The molecule has 0 spiro atoms. The molecule has 4 heteroatoms. The first-order chi connectivity index (χ1) is 5.70. The van der Waals surface area contributed by atoms with E-state index in [0.717, 1.165) is 5.56 Å². The van der Waals surface area contributed by atoms with Crippen molar-refractivity contribution < 1.29 is 4.79 Å². The van der Waals surface area contributed by atoms with E-state index in [0.29, 0.717) is 6.54 Å². The van der Waals surface area contributed by atoms with Gasteiger partial charge in [-0.05, 0) is 29.3 Å². The molecule has 0 aliphatic rings. The largest absolute Gasteiger partial charge is 0.351 e. The lowest BCUT2D eigenvalue weighted by molar-refractivity contribution is -0.122. The molecule has 3 nitrogen and oxygen atoms in total. The third-order valence-electron chi connectivity index (χ3n) is 1.46. The van der Waals surface area contributed by atoms with Gasteiger partial charge in [0.1, 0.15) is 0 Å². The molecule has 0 fully saturated rings. The van der Waals surface area contributed by atoms with Crippen LogP contribution < -0.4 is 11.1 Å². The molecule has 1 amide bonds. The summed E-state index contributed by atoms with van der Waals surface area (Å²) in [6.45, 7) is 2.24. The topological polar surface area (TPSA) is 55.1 Å². The summed E-state index contributed by atoms with van der Waals surface area (Å²) in [5, 5.41) is 6.71. The minimum atomic E-state index is -0.427. The van der Waals surface area contributed by atoms with Gasteiger partial charge in [0, 0.05) is 6.54 Å². The van der Waals surface area contributed by atoms with E-state index in [1.165, 1.54) is 0 Å². The van der Waals surface area contributed by atoms with Crippen molar-refractivity contribution in [3.63, 3.8) is 0 Å². The van der Waals surface area contributed by atoms with E-state index in [-0.39, 0.29) is 5.91 Å². The van der Waals surface area contributed by atoms with Crippen LogP contribution in [0, 0.1) is 0 Å². The van der Waals surface area contributed by atoms with E-state index in [4.69, 9.17) is 5.73 Å². The fourth-order valence-corrected chi connectivity index (χ4v) is 1.41. The van der Waals surface area contributed by atoms with Crippen molar-refractivity contribution in [3.8, 4) is 0 Å². The molecule has 1 rings (SSSR count). The van der Waals surface area contributed by atoms with Gasteiger partial charge in [-0.15, -0.1) is 0 Å². The fraction of sp³-hybridized carbons (Fsp3) is 0.375. The zero-order chi connectivity index (χ0) is 8.97. The van der Waals surface area contributed by atoms with E-state index in [9.17, 15) is 4.79 Å². The molecule has 0 bridgehead atoms. The highest BCUT2D eigenvalue weighted by Crippen LogP contribution is 2.04. The lowest BCUT2D eigenvalue weighted by Crippen LogP contribution is -2.37. The highest BCUT2D eigenvalue weighted by Gasteiger charge is 2.05. The maximum absolute atomic E-state index is 11.0. The minimum absolute atomic E-state index is 0.110. The molecular weight excluding hydrogens is 172 g/mol. The average molecular weight is 184 g/mol. The number of nitrogens with two attached hydrogens (primary N) is 1. The van der Waals surface area contributed by atoms with E-state index in [1.807, 2.05) is 16.8 Å². The van der Waals surface area contributed by atoms with Gasteiger partial charge < -0.3 is 11.1 Å². The summed E-state index contributed by atoms with van der Waals surface area (Å²) in [5.41, 5.74) is 6.49.